The summed E-state index contributed by atoms with van der Waals surface area (Å²) in [5, 5.41) is 12.5. The summed E-state index contributed by atoms with van der Waals surface area (Å²) in [4.78, 5) is 29.7. The first-order valence-electron chi connectivity index (χ1n) is 11.0. The second-order valence-corrected chi connectivity index (χ2v) is 9.12. The first kappa shape index (κ1) is 20.1. The predicted molar refractivity (Wildman–Crippen MR) is 114 cm³/mol. The lowest BCUT2D eigenvalue weighted by Crippen LogP contribution is -2.40. The molecule has 3 aliphatic heterocycles. The van der Waals surface area contributed by atoms with Gasteiger partial charge < -0.3 is 14.8 Å². The molecule has 0 radical (unpaired) electrons. The van der Waals surface area contributed by atoms with Crippen molar-refractivity contribution in [1.29, 1.82) is 5.26 Å². The third kappa shape index (κ3) is 2.80. The highest BCUT2D eigenvalue weighted by Gasteiger charge is 2.70. The van der Waals surface area contributed by atoms with Crippen molar-refractivity contribution in [2.45, 2.75) is 30.9 Å². The van der Waals surface area contributed by atoms with Crippen molar-refractivity contribution in [3.05, 3.63) is 47.5 Å². The molecular weight excluding hydrogens is 427 g/mol. The molecule has 6 rings (SSSR count). The third-order valence-corrected chi connectivity index (χ3v) is 7.44. The standard InChI is InChI=1S/C24H21FN4O4/c1-12(30)27-8-21-20-5-14-4-15(18(25)6-19(14)29(20)23(31)33-21)13-2-3-22(28-7-13)24(11-26)16-9-32-10-17(16)24/h2-4,6-7,16-17,20-21H,5,8-10H2,1H3,(H,27,30)/t16-,17+,20-,21-,24?/m0/s1. The van der Waals surface area contributed by atoms with Crippen LogP contribution < -0.4 is 10.2 Å². The molecule has 33 heavy (non-hydrogen) atoms. The van der Waals surface area contributed by atoms with Crippen molar-refractivity contribution < 1.29 is 23.5 Å². The van der Waals surface area contributed by atoms with Crippen LogP contribution in [-0.4, -0.2) is 48.9 Å². The topological polar surface area (TPSA) is 105 Å². The van der Waals surface area contributed by atoms with Gasteiger partial charge in [0, 0.05) is 36.1 Å². The van der Waals surface area contributed by atoms with E-state index in [1.807, 2.05) is 6.07 Å². The number of ether oxygens (including phenoxy) is 2. The van der Waals surface area contributed by atoms with E-state index < -0.39 is 23.4 Å². The lowest BCUT2D eigenvalue weighted by molar-refractivity contribution is -0.119. The third-order valence-electron chi connectivity index (χ3n) is 7.44. The number of fused-ring (bicyclic) bond motifs is 4. The second-order valence-electron chi connectivity index (χ2n) is 9.12. The van der Waals surface area contributed by atoms with Gasteiger partial charge in [-0.25, -0.2) is 9.18 Å². The number of halogens is 1. The van der Waals surface area contributed by atoms with Crippen LogP contribution in [0.3, 0.4) is 0 Å². The average molecular weight is 448 g/mol. The first-order valence-corrected chi connectivity index (χ1v) is 11.0. The number of amides is 2. The van der Waals surface area contributed by atoms with Crippen LogP contribution in [0.2, 0.25) is 0 Å². The van der Waals surface area contributed by atoms with Crippen LogP contribution >= 0.6 is 0 Å². The lowest BCUT2D eigenvalue weighted by Gasteiger charge is -2.16. The van der Waals surface area contributed by atoms with Gasteiger partial charge >= 0.3 is 6.09 Å². The molecule has 8 nitrogen and oxygen atoms in total. The van der Waals surface area contributed by atoms with Gasteiger partial charge in [-0.3, -0.25) is 14.7 Å². The predicted octanol–water partition coefficient (Wildman–Crippen LogP) is 2.31. The van der Waals surface area contributed by atoms with Crippen molar-refractivity contribution in [3.8, 4) is 17.2 Å². The van der Waals surface area contributed by atoms with E-state index in [0.29, 0.717) is 42.1 Å². The molecular formula is C24H21FN4O4. The Morgan fingerprint density at radius 2 is 2.15 bits per heavy atom. The van der Waals surface area contributed by atoms with Crippen LogP contribution in [0.15, 0.2) is 30.5 Å². The zero-order chi connectivity index (χ0) is 22.9. The van der Waals surface area contributed by atoms with E-state index in [9.17, 15) is 14.9 Å². The zero-order valence-corrected chi connectivity index (χ0v) is 17.9. The minimum Gasteiger partial charge on any atom is -0.442 e. The smallest absolute Gasteiger partial charge is 0.415 e. The fourth-order valence-electron chi connectivity index (χ4n) is 5.69. The average Bonchev–Trinajstić information content (AvgIpc) is 3.19. The molecule has 1 N–H and O–H groups in total. The van der Waals surface area contributed by atoms with Crippen molar-refractivity contribution in [2.24, 2.45) is 11.8 Å². The minimum atomic E-state index is -0.596. The largest absolute Gasteiger partial charge is 0.442 e. The fraction of sp³-hybridized carbons (Fsp3) is 0.417. The number of pyridine rings is 1. The van der Waals surface area contributed by atoms with Gasteiger partial charge in [-0.2, -0.15) is 5.26 Å². The van der Waals surface area contributed by atoms with Crippen LogP contribution in [0.25, 0.3) is 11.1 Å². The Balaban J connectivity index is 1.28. The van der Waals surface area contributed by atoms with E-state index in [4.69, 9.17) is 9.47 Å². The van der Waals surface area contributed by atoms with Gasteiger partial charge in [0.05, 0.1) is 43.3 Å². The van der Waals surface area contributed by atoms with Crippen molar-refractivity contribution in [2.75, 3.05) is 24.7 Å². The SMILES string of the molecule is CC(=O)NC[C@@H]1OC(=O)N2c3cc(F)c(-c4ccc(C5(C#N)[C@@H]6COC[C@@H]65)nc4)cc3C[C@@H]12. The number of rotatable bonds is 4. The normalized spacial score (nSPS) is 30.8. The maximum atomic E-state index is 15.1. The molecule has 2 aromatic rings. The van der Waals surface area contributed by atoms with Gasteiger partial charge in [0.15, 0.2) is 0 Å². The summed E-state index contributed by atoms with van der Waals surface area (Å²) in [6.07, 6.45) is 1.08. The van der Waals surface area contributed by atoms with Gasteiger partial charge in [0.1, 0.15) is 17.3 Å². The number of nitrogens with one attached hydrogen (secondary N) is 1. The summed E-state index contributed by atoms with van der Waals surface area (Å²) in [6.45, 7) is 2.76. The van der Waals surface area contributed by atoms with Crippen LogP contribution in [0.5, 0.6) is 0 Å². The van der Waals surface area contributed by atoms with Crippen LogP contribution in [-0.2, 0) is 26.1 Å². The highest BCUT2D eigenvalue weighted by Crippen LogP contribution is 2.62. The molecule has 9 heteroatoms. The molecule has 4 heterocycles. The van der Waals surface area contributed by atoms with Crippen LogP contribution in [0, 0.1) is 29.0 Å². The van der Waals surface area contributed by atoms with Gasteiger partial charge in [0.25, 0.3) is 0 Å². The van der Waals surface area contributed by atoms with Gasteiger partial charge in [-0.15, -0.1) is 0 Å². The quantitative estimate of drug-likeness (QED) is 0.770. The fourth-order valence-corrected chi connectivity index (χ4v) is 5.69. The van der Waals surface area contributed by atoms with Crippen LogP contribution in [0.4, 0.5) is 14.9 Å². The highest BCUT2D eigenvalue weighted by molar-refractivity contribution is 5.94. The lowest BCUT2D eigenvalue weighted by atomic mass is 9.95. The summed E-state index contributed by atoms with van der Waals surface area (Å²) in [6, 6.07) is 8.86. The molecule has 2 saturated heterocycles. The van der Waals surface area contributed by atoms with E-state index in [-0.39, 0.29) is 30.3 Å². The molecule has 1 aliphatic carbocycles. The van der Waals surface area contributed by atoms with E-state index in [0.717, 1.165) is 5.56 Å². The molecule has 3 fully saturated rings. The number of carbonyl (C=O) groups is 2. The maximum Gasteiger partial charge on any atom is 0.415 e. The Kier molecular flexibility index (Phi) is 4.26. The Morgan fingerprint density at radius 3 is 2.82 bits per heavy atom. The molecule has 1 aromatic carbocycles. The van der Waals surface area contributed by atoms with Crippen molar-refractivity contribution >= 4 is 17.7 Å². The zero-order valence-electron chi connectivity index (χ0n) is 17.9. The summed E-state index contributed by atoms with van der Waals surface area (Å²) in [5.74, 6) is -0.314. The van der Waals surface area contributed by atoms with E-state index in [1.165, 1.54) is 17.9 Å². The number of anilines is 1. The number of nitriles is 1. The minimum absolute atomic E-state index is 0.177. The van der Waals surface area contributed by atoms with Crippen LogP contribution in [0.1, 0.15) is 18.2 Å². The molecule has 0 bridgehead atoms. The Bertz CT molecular complexity index is 1210. The van der Waals surface area contributed by atoms with Gasteiger partial charge in [-0.1, -0.05) is 6.07 Å². The number of hydrogen-bond acceptors (Lipinski definition) is 6. The molecule has 168 valence electrons. The van der Waals surface area contributed by atoms with E-state index in [1.54, 1.807) is 18.3 Å². The number of hydrogen-bond donors (Lipinski definition) is 1. The summed E-state index contributed by atoms with van der Waals surface area (Å²) in [7, 11) is 0. The Hall–Kier alpha value is -3.51. The summed E-state index contributed by atoms with van der Waals surface area (Å²) >= 11 is 0. The second kappa shape index (κ2) is 6.99. The Morgan fingerprint density at radius 1 is 1.36 bits per heavy atom. The maximum absolute atomic E-state index is 15.1. The van der Waals surface area contributed by atoms with E-state index >= 15 is 4.39 Å². The number of cyclic esters (lactones) is 1. The molecule has 2 amide bonds. The number of carbonyl (C=O) groups excluding carboxylic acids is 2. The molecule has 4 aliphatic rings. The molecule has 0 spiro atoms. The van der Waals surface area contributed by atoms with Crippen molar-refractivity contribution in [1.82, 2.24) is 10.3 Å². The van der Waals surface area contributed by atoms with Gasteiger partial charge in [0.2, 0.25) is 5.91 Å². The van der Waals surface area contributed by atoms with Crippen molar-refractivity contribution in [3.63, 3.8) is 0 Å². The highest BCUT2D eigenvalue weighted by atomic mass is 19.1. The number of aromatic nitrogens is 1. The summed E-state index contributed by atoms with van der Waals surface area (Å²) in [5.41, 5.74) is 2.45. The number of benzene rings is 1. The Labute approximate surface area is 189 Å². The monoisotopic (exact) mass is 448 g/mol. The van der Waals surface area contributed by atoms with E-state index in [2.05, 4.69) is 16.4 Å². The first-order chi connectivity index (χ1) is 15.9. The molecule has 1 saturated carbocycles. The molecule has 1 aromatic heterocycles. The molecule has 1 unspecified atom stereocenters. The molecule has 5 atom stereocenters. The number of nitrogens with zero attached hydrogens (tertiary/aromatic N) is 3. The van der Waals surface area contributed by atoms with Gasteiger partial charge in [-0.05, 0) is 30.2 Å². The summed E-state index contributed by atoms with van der Waals surface area (Å²) < 4.78 is 25.9.